The molecule has 0 aliphatic carbocycles. The van der Waals surface area contributed by atoms with Gasteiger partial charge in [-0.25, -0.2) is 0 Å². The summed E-state index contributed by atoms with van der Waals surface area (Å²) in [7, 11) is 0. The van der Waals surface area contributed by atoms with Gasteiger partial charge in [-0.15, -0.1) is 11.3 Å². The lowest BCUT2D eigenvalue weighted by molar-refractivity contribution is 0.673. The number of furan rings is 1. The van der Waals surface area contributed by atoms with Gasteiger partial charge in [0.05, 0.1) is 0 Å². The van der Waals surface area contributed by atoms with Gasteiger partial charge in [-0.1, -0.05) is 121 Å². The van der Waals surface area contributed by atoms with Gasteiger partial charge in [-0.2, -0.15) is 0 Å². The van der Waals surface area contributed by atoms with Crippen LogP contribution in [0.1, 0.15) is 0 Å². The lowest BCUT2D eigenvalue weighted by Gasteiger charge is -2.18. The minimum atomic E-state index is 0.915. The van der Waals surface area contributed by atoms with Crippen molar-refractivity contribution < 1.29 is 4.42 Å². The Morgan fingerprint density at radius 1 is 0.413 bits per heavy atom. The molecule has 0 amide bonds. The molecule has 0 aliphatic rings. The molecule has 10 rings (SSSR count). The number of hydrogen-bond donors (Lipinski definition) is 0. The lowest BCUT2D eigenvalue weighted by Crippen LogP contribution is -1.91. The molecule has 0 bridgehead atoms. The van der Waals surface area contributed by atoms with E-state index in [9.17, 15) is 0 Å². The topological polar surface area (TPSA) is 13.1 Å². The average molecular weight is 603 g/mol. The van der Waals surface area contributed by atoms with Crippen LogP contribution in [0.3, 0.4) is 0 Å². The maximum absolute atomic E-state index is 6.67. The van der Waals surface area contributed by atoms with E-state index in [1.165, 1.54) is 75.8 Å². The molecule has 0 fully saturated rings. The molecule has 2 heterocycles. The van der Waals surface area contributed by atoms with Crippen LogP contribution in [-0.2, 0) is 0 Å². The van der Waals surface area contributed by atoms with Crippen molar-refractivity contribution in [1.82, 2.24) is 0 Å². The number of fused-ring (bicyclic) bond motifs is 8. The predicted molar refractivity (Wildman–Crippen MR) is 198 cm³/mol. The maximum Gasteiger partial charge on any atom is 0.144 e. The summed E-state index contributed by atoms with van der Waals surface area (Å²) in [4.78, 5) is 0. The van der Waals surface area contributed by atoms with E-state index in [-0.39, 0.29) is 0 Å². The molecule has 214 valence electrons. The molecular formula is C44H26OS. The second-order valence-electron chi connectivity index (χ2n) is 12.0. The van der Waals surface area contributed by atoms with Crippen LogP contribution in [0.15, 0.2) is 161 Å². The minimum Gasteiger partial charge on any atom is -0.455 e. The summed E-state index contributed by atoms with van der Waals surface area (Å²) in [5.74, 6) is 0. The Labute approximate surface area is 269 Å². The molecule has 2 heteroatoms. The van der Waals surface area contributed by atoms with E-state index < -0.39 is 0 Å². The fourth-order valence-corrected chi connectivity index (χ4v) is 8.40. The summed E-state index contributed by atoms with van der Waals surface area (Å²) in [6.45, 7) is 0. The molecule has 8 aromatic carbocycles. The Morgan fingerprint density at radius 2 is 1.02 bits per heavy atom. The summed E-state index contributed by atoms with van der Waals surface area (Å²) >= 11 is 1.78. The zero-order valence-corrected chi connectivity index (χ0v) is 25.6. The number of benzene rings is 8. The van der Waals surface area contributed by atoms with Gasteiger partial charge >= 0.3 is 0 Å². The fraction of sp³-hybridized carbons (Fsp3) is 0. The summed E-state index contributed by atoms with van der Waals surface area (Å²) in [6, 6.07) is 55.1. The Bertz CT molecular complexity index is 2740. The molecule has 46 heavy (non-hydrogen) atoms. The van der Waals surface area contributed by atoms with Crippen LogP contribution >= 0.6 is 11.3 Å². The highest BCUT2D eigenvalue weighted by Crippen LogP contribution is 2.46. The summed E-state index contributed by atoms with van der Waals surface area (Å²) in [5, 5.41) is 13.3. The first-order valence-electron chi connectivity index (χ1n) is 15.7. The first-order chi connectivity index (χ1) is 22.8. The van der Waals surface area contributed by atoms with Gasteiger partial charge in [-0.05, 0) is 95.8 Å². The van der Waals surface area contributed by atoms with Crippen LogP contribution in [0.5, 0.6) is 0 Å². The number of hydrogen-bond acceptors (Lipinski definition) is 2. The van der Waals surface area contributed by atoms with Crippen molar-refractivity contribution in [2.24, 2.45) is 0 Å². The van der Waals surface area contributed by atoms with E-state index in [1.807, 2.05) is 0 Å². The van der Waals surface area contributed by atoms with Crippen molar-refractivity contribution in [3.05, 3.63) is 157 Å². The zero-order chi connectivity index (χ0) is 30.2. The summed E-state index contributed by atoms with van der Waals surface area (Å²) < 4.78 is 7.91. The highest BCUT2D eigenvalue weighted by atomic mass is 32.1. The van der Waals surface area contributed by atoms with Gasteiger partial charge in [0.2, 0.25) is 0 Å². The smallest absolute Gasteiger partial charge is 0.144 e. The van der Waals surface area contributed by atoms with Crippen molar-refractivity contribution >= 4 is 75.7 Å². The second kappa shape index (κ2) is 9.90. The second-order valence-corrected chi connectivity index (χ2v) is 13.0. The van der Waals surface area contributed by atoms with Crippen molar-refractivity contribution in [1.29, 1.82) is 0 Å². The monoisotopic (exact) mass is 602 g/mol. The fourth-order valence-electron chi connectivity index (χ4n) is 7.44. The lowest BCUT2D eigenvalue weighted by atomic mass is 9.85. The zero-order valence-electron chi connectivity index (χ0n) is 24.8. The van der Waals surface area contributed by atoms with Crippen molar-refractivity contribution in [2.75, 3.05) is 0 Å². The van der Waals surface area contributed by atoms with Gasteiger partial charge in [0.15, 0.2) is 0 Å². The third-order valence-electron chi connectivity index (χ3n) is 9.52. The van der Waals surface area contributed by atoms with E-state index in [0.29, 0.717) is 0 Å². The third-order valence-corrected chi connectivity index (χ3v) is 10.5. The third kappa shape index (κ3) is 3.74. The quantitative estimate of drug-likeness (QED) is 0.183. The highest BCUT2D eigenvalue weighted by molar-refractivity contribution is 7.18. The molecule has 0 atom stereocenters. The molecule has 0 N–H and O–H groups in total. The maximum atomic E-state index is 6.67. The molecule has 0 saturated heterocycles. The molecular weight excluding hydrogens is 577 g/mol. The highest BCUT2D eigenvalue weighted by Gasteiger charge is 2.19. The van der Waals surface area contributed by atoms with E-state index in [4.69, 9.17) is 4.42 Å². The first kappa shape index (κ1) is 25.6. The van der Waals surface area contributed by atoms with Crippen LogP contribution in [-0.4, -0.2) is 0 Å². The number of rotatable bonds is 3. The van der Waals surface area contributed by atoms with E-state index >= 15 is 0 Å². The standard InChI is InChI=1S/C44H26OS/c1-2-11-28(12-3-1)38-26-46-40-23-21-36-37-25-31(20-22-39(37)45-44(36)43(38)40)42-34-16-8-6-14-32(34)41(33-15-7-9-17-35(33)42)30-19-18-27-10-4-5-13-29(27)24-30/h1-26H. The largest absolute Gasteiger partial charge is 0.455 e. The predicted octanol–water partition coefficient (Wildman–Crippen LogP) is 13.3. The first-order valence-corrected chi connectivity index (χ1v) is 16.5. The molecule has 1 nitrogen and oxygen atoms in total. The van der Waals surface area contributed by atoms with Crippen LogP contribution in [0.2, 0.25) is 0 Å². The Balaban J connectivity index is 1.25. The van der Waals surface area contributed by atoms with E-state index in [2.05, 4.69) is 157 Å². The normalized spacial score (nSPS) is 11.9. The Kier molecular flexibility index (Phi) is 5.51. The molecule has 0 radical (unpaired) electrons. The summed E-state index contributed by atoms with van der Waals surface area (Å²) in [6.07, 6.45) is 0. The van der Waals surface area contributed by atoms with Gasteiger partial charge in [0, 0.05) is 26.4 Å². The number of thiophene rings is 1. The molecule has 0 unspecified atom stereocenters. The van der Waals surface area contributed by atoms with Crippen LogP contribution in [0.4, 0.5) is 0 Å². The van der Waals surface area contributed by atoms with Crippen LogP contribution in [0.25, 0.3) is 97.7 Å². The molecule has 0 spiro atoms. The minimum absolute atomic E-state index is 0.915. The summed E-state index contributed by atoms with van der Waals surface area (Å²) in [5.41, 5.74) is 9.30. The van der Waals surface area contributed by atoms with Crippen molar-refractivity contribution in [3.8, 4) is 33.4 Å². The SMILES string of the molecule is c1ccc(-c2csc3ccc4c5cc(-c6c7ccccc7c(-c7ccc8ccccc8c7)c7ccccc67)ccc5oc4c23)cc1. The van der Waals surface area contributed by atoms with E-state index in [1.54, 1.807) is 11.3 Å². The van der Waals surface area contributed by atoms with Crippen molar-refractivity contribution in [3.63, 3.8) is 0 Å². The van der Waals surface area contributed by atoms with Gasteiger partial charge in [0.1, 0.15) is 11.2 Å². The average Bonchev–Trinajstić information content (AvgIpc) is 3.72. The van der Waals surface area contributed by atoms with Crippen molar-refractivity contribution in [2.45, 2.75) is 0 Å². The molecule has 10 aromatic rings. The van der Waals surface area contributed by atoms with Gasteiger partial charge in [-0.3, -0.25) is 0 Å². The Hall–Kier alpha value is -5.70. The Morgan fingerprint density at radius 3 is 1.74 bits per heavy atom. The van der Waals surface area contributed by atoms with Gasteiger partial charge < -0.3 is 4.42 Å². The van der Waals surface area contributed by atoms with Crippen LogP contribution in [0, 0.1) is 0 Å². The molecule has 0 aliphatic heterocycles. The van der Waals surface area contributed by atoms with Gasteiger partial charge in [0.25, 0.3) is 0 Å². The van der Waals surface area contributed by atoms with Crippen LogP contribution < -0.4 is 0 Å². The van der Waals surface area contributed by atoms with E-state index in [0.717, 1.165) is 21.9 Å². The molecule has 0 saturated carbocycles. The molecule has 2 aromatic heterocycles.